The van der Waals surface area contributed by atoms with Crippen LogP contribution in [0.25, 0.3) is 0 Å². The van der Waals surface area contributed by atoms with Crippen molar-refractivity contribution < 1.29 is 17.0 Å². The summed E-state index contributed by atoms with van der Waals surface area (Å²) in [6.45, 7) is 2.88. The molecule has 2 aromatic rings. The maximum absolute atomic E-state index is 5.96. The zero-order valence-corrected chi connectivity index (χ0v) is 11.6. The van der Waals surface area contributed by atoms with Gasteiger partial charge in [-0.1, -0.05) is 29.3 Å². The molecule has 0 spiro atoms. The largest absolute Gasteiger partial charge is 1.00 e. The van der Waals surface area contributed by atoms with Gasteiger partial charge >= 0.3 is 0 Å². The van der Waals surface area contributed by atoms with Crippen molar-refractivity contribution in [3.8, 4) is 0 Å². The standard InChI is InChI=1S/C13H12Cl2N.ClH/c1-10-4-6-16(7-5-10)9-11-2-3-12(14)13(15)8-11;/h2-8H,9H2,1H3;1H/q+1;/p-1. The first kappa shape index (κ1) is 14.3. The summed E-state index contributed by atoms with van der Waals surface area (Å²) in [5, 5.41) is 1.20. The van der Waals surface area contributed by atoms with E-state index in [1.807, 2.05) is 18.2 Å². The van der Waals surface area contributed by atoms with Crippen molar-refractivity contribution in [1.82, 2.24) is 0 Å². The molecule has 2 rings (SSSR count). The van der Waals surface area contributed by atoms with Gasteiger partial charge < -0.3 is 12.4 Å². The zero-order chi connectivity index (χ0) is 11.5. The van der Waals surface area contributed by atoms with Crippen molar-refractivity contribution in [2.24, 2.45) is 0 Å². The lowest BCUT2D eigenvalue weighted by Crippen LogP contribution is -3.00. The number of benzene rings is 1. The van der Waals surface area contributed by atoms with Gasteiger partial charge in [0.15, 0.2) is 18.9 Å². The van der Waals surface area contributed by atoms with Crippen LogP contribution in [-0.4, -0.2) is 0 Å². The number of nitrogens with zero attached hydrogens (tertiary/aromatic N) is 1. The number of halogens is 3. The van der Waals surface area contributed by atoms with Gasteiger partial charge in [0.05, 0.1) is 10.0 Å². The number of pyridine rings is 1. The van der Waals surface area contributed by atoms with Crippen LogP contribution in [0.3, 0.4) is 0 Å². The SMILES string of the molecule is Cc1cc[n+](Cc2ccc(Cl)c(Cl)c2)cc1.[Cl-]. The molecule has 90 valence electrons. The molecule has 0 amide bonds. The molecule has 0 saturated heterocycles. The summed E-state index contributed by atoms with van der Waals surface area (Å²) >= 11 is 11.8. The average molecular weight is 289 g/mol. The Hall–Kier alpha value is -0.760. The van der Waals surface area contributed by atoms with Crippen LogP contribution < -0.4 is 17.0 Å². The van der Waals surface area contributed by atoms with E-state index < -0.39 is 0 Å². The third-order valence-corrected chi connectivity index (χ3v) is 3.15. The van der Waals surface area contributed by atoms with Gasteiger partial charge in [-0.05, 0) is 24.6 Å². The van der Waals surface area contributed by atoms with Crippen LogP contribution in [0.5, 0.6) is 0 Å². The molecule has 1 aromatic heterocycles. The second kappa shape index (κ2) is 6.25. The number of aryl methyl sites for hydroxylation is 1. The monoisotopic (exact) mass is 287 g/mol. The fourth-order valence-corrected chi connectivity index (χ4v) is 1.81. The first-order valence-corrected chi connectivity index (χ1v) is 5.80. The minimum absolute atomic E-state index is 0. The number of aromatic nitrogens is 1. The number of hydrogen-bond acceptors (Lipinski definition) is 0. The minimum Gasteiger partial charge on any atom is -1.00 e. The molecule has 0 N–H and O–H groups in total. The van der Waals surface area contributed by atoms with Crippen LogP contribution in [0.4, 0.5) is 0 Å². The molecule has 4 heteroatoms. The molecule has 1 nitrogen and oxygen atoms in total. The van der Waals surface area contributed by atoms with E-state index in [1.54, 1.807) is 0 Å². The summed E-state index contributed by atoms with van der Waals surface area (Å²) in [6, 6.07) is 9.88. The van der Waals surface area contributed by atoms with Crippen LogP contribution in [0.1, 0.15) is 11.1 Å². The molecule has 1 aromatic carbocycles. The second-order valence-corrected chi connectivity index (χ2v) is 4.61. The number of rotatable bonds is 2. The molecule has 0 aliphatic carbocycles. The second-order valence-electron chi connectivity index (χ2n) is 3.80. The predicted octanol–water partition coefficient (Wildman–Crippen LogP) is 0.642. The Balaban J connectivity index is 0.00000144. The Kier molecular flexibility index (Phi) is 5.26. The van der Waals surface area contributed by atoms with Gasteiger partial charge in [0.25, 0.3) is 0 Å². The summed E-state index contributed by atoms with van der Waals surface area (Å²) in [6.07, 6.45) is 4.11. The van der Waals surface area contributed by atoms with Crippen LogP contribution >= 0.6 is 23.2 Å². The number of hydrogen-bond donors (Lipinski definition) is 0. The summed E-state index contributed by atoms with van der Waals surface area (Å²) in [5.74, 6) is 0. The van der Waals surface area contributed by atoms with Gasteiger partial charge in [-0.3, -0.25) is 0 Å². The van der Waals surface area contributed by atoms with Gasteiger partial charge in [0.2, 0.25) is 0 Å². The van der Waals surface area contributed by atoms with E-state index in [-0.39, 0.29) is 12.4 Å². The van der Waals surface area contributed by atoms with E-state index in [1.165, 1.54) is 5.56 Å². The maximum atomic E-state index is 5.96. The summed E-state index contributed by atoms with van der Waals surface area (Å²) in [4.78, 5) is 0. The third kappa shape index (κ3) is 3.88. The zero-order valence-electron chi connectivity index (χ0n) is 9.33. The van der Waals surface area contributed by atoms with Crippen molar-refractivity contribution >= 4 is 23.2 Å². The molecular formula is C13H12Cl3N. The molecule has 0 aliphatic heterocycles. The average Bonchev–Trinajstić information content (AvgIpc) is 2.27. The lowest BCUT2D eigenvalue weighted by atomic mass is 10.2. The van der Waals surface area contributed by atoms with E-state index >= 15 is 0 Å². The molecule has 0 atom stereocenters. The molecule has 0 bridgehead atoms. The van der Waals surface area contributed by atoms with E-state index in [9.17, 15) is 0 Å². The predicted molar refractivity (Wildman–Crippen MR) is 66.9 cm³/mol. The Labute approximate surface area is 117 Å². The summed E-state index contributed by atoms with van der Waals surface area (Å²) in [7, 11) is 0. The van der Waals surface area contributed by atoms with Gasteiger partial charge in [0, 0.05) is 17.7 Å². The van der Waals surface area contributed by atoms with Gasteiger partial charge in [0.1, 0.15) is 0 Å². The van der Waals surface area contributed by atoms with Crippen LogP contribution in [0.2, 0.25) is 10.0 Å². The first-order chi connectivity index (χ1) is 7.65. The molecule has 0 saturated carbocycles. The van der Waals surface area contributed by atoms with Crippen LogP contribution in [0, 0.1) is 6.92 Å². The topological polar surface area (TPSA) is 3.88 Å². The molecule has 0 aliphatic rings. The molecule has 17 heavy (non-hydrogen) atoms. The van der Waals surface area contributed by atoms with Gasteiger partial charge in [-0.25, -0.2) is 4.57 Å². The van der Waals surface area contributed by atoms with Crippen molar-refractivity contribution in [1.29, 1.82) is 0 Å². The first-order valence-electron chi connectivity index (χ1n) is 5.05. The van der Waals surface area contributed by atoms with E-state index in [0.717, 1.165) is 12.1 Å². The molecule has 1 heterocycles. The van der Waals surface area contributed by atoms with Gasteiger partial charge in [-0.15, -0.1) is 0 Å². The smallest absolute Gasteiger partial charge is 0.173 e. The normalized spacial score (nSPS) is 9.82. The fourth-order valence-electron chi connectivity index (χ4n) is 1.49. The minimum atomic E-state index is 0. The maximum Gasteiger partial charge on any atom is 0.173 e. The van der Waals surface area contributed by atoms with Crippen LogP contribution in [0.15, 0.2) is 42.7 Å². The molecule has 0 radical (unpaired) electrons. The van der Waals surface area contributed by atoms with Crippen molar-refractivity contribution in [2.75, 3.05) is 0 Å². The molecule has 0 fully saturated rings. The van der Waals surface area contributed by atoms with Crippen molar-refractivity contribution in [3.05, 3.63) is 63.9 Å². The highest BCUT2D eigenvalue weighted by molar-refractivity contribution is 6.41. The van der Waals surface area contributed by atoms with E-state index in [2.05, 4.69) is 36.0 Å². The third-order valence-electron chi connectivity index (χ3n) is 2.41. The highest BCUT2D eigenvalue weighted by atomic mass is 35.5. The van der Waals surface area contributed by atoms with Crippen LogP contribution in [-0.2, 0) is 6.54 Å². The van der Waals surface area contributed by atoms with Crippen molar-refractivity contribution in [3.63, 3.8) is 0 Å². The lowest BCUT2D eigenvalue weighted by molar-refractivity contribution is -0.688. The Morgan fingerprint density at radius 2 is 1.65 bits per heavy atom. The van der Waals surface area contributed by atoms with E-state index in [4.69, 9.17) is 23.2 Å². The summed E-state index contributed by atoms with van der Waals surface area (Å²) < 4.78 is 2.10. The van der Waals surface area contributed by atoms with Gasteiger partial charge in [-0.2, -0.15) is 0 Å². The fraction of sp³-hybridized carbons (Fsp3) is 0.154. The molecular weight excluding hydrogens is 277 g/mol. The van der Waals surface area contributed by atoms with E-state index in [0.29, 0.717) is 10.0 Å². The Bertz CT molecular complexity index is 495. The highest BCUT2D eigenvalue weighted by Gasteiger charge is 2.04. The highest BCUT2D eigenvalue weighted by Crippen LogP contribution is 2.22. The quantitative estimate of drug-likeness (QED) is 0.714. The lowest BCUT2D eigenvalue weighted by Gasteiger charge is -2.00. The Morgan fingerprint density at radius 3 is 2.24 bits per heavy atom. The van der Waals surface area contributed by atoms with Crippen molar-refractivity contribution in [2.45, 2.75) is 13.5 Å². The molecule has 0 unspecified atom stereocenters. The summed E-state index contributed by atoms with van der Waals surface area (Å²) in [5.41, 5.74) is 2.40. The Morgan fingerprint density at radius 1 is 1.00 bits per heavy atom.